The number of aryl methyl sites for hydroxylation is 1. The lowest BCUT2D eigenvalue weighted by atomic mass is 10.4. The molecule has 5 nitrogen and oxygen atoms in total. The molecule has 1 N–H and O–H groups in total. The quantitative estimate of drug-likeness (QED) is 0.694. The average Bonchev–Trinajstić information content (AvgIpc) is 2.66. The fraction of sp³-hybridized carbons (Fsp3) is 0.417. The first-order valence-corrected chi connectivity index (χ1v) is 7.56. The Balaban J connectivity index is 2.54. The molecule has 0 aromatic carbocycles. The third-order valence-corrected chi connectivity index (χ3v) is 3.75. The van der Waals surface area contributed by atoms with Crippen molar-refractivity contribution in [2.45, 2.75) is 25.9 Å². The molecule has 0 saturated heterocycles. The van der Waals surface area contributed by atoms with Crippen LogP contribution in [0.4, 0.5) is 5.82 Å². The molecule has 0 fully saturated rings. The smallest absolute Gasteiger partial charge is 0.191 e. The summed E-state index contributed by atoms with van der Waals surface area (Å²) in [6, 6.07) is 1.87. The van der Waals surface area contributed by atoms with Crippen LogP contribution in [0.15, 0.2) is 11.2 Å². The van der Waals surface area contributed by atoms with Crippen molar-refractivity contribution in [3.8, 4) is 5.82 Å². The Hall–Kier alpha value is -1.27. The predicted octanol–water partition coefficient (Wildman–Crippen LogP) is 3.09. The van der Waals surface area contributed by atoms with Crippen LogP contribution in [0.1, 0.15) is 18.3 Å². The molecule has 0 saturated carbocycles. The maximum absolute atomic E-state index is 6.18. The first-order chi connectivity index (χ1) is 9.06. The van der Waals surface area contributed by atoms with Gasteiger partial charge >= 0.3 is 0 Å². The summed E-state index contributed by atoms with van der Waals surface area (Å²) < 4.78 is 1.75. The van der Waals surface area contributed by atoms with E-state index in [1.54, 1.807) is 4.68 Å². The largest absolute Gasteiger partial charge is 0.370 e. The second-order valence-corrected chi connectivity index (χ2v) is 5.18. The molecule has 2 aromatic heterocycles. The summed E-state index contributed by atoms with van der Waals surface area (Å²) in [5, 5.41) is 8.99. The third-order valence-electron chi connectivity index (χ3n) is 2.65. The Morgan fingerprint density at radius 1 is 1.37 bits per heavy atom. The van der Waals surface area contributed by atoms with Crippen LogP contribution < -0.4 is 5.32 Å². The highest BCUT2D eigenvalue weighted by Crippen LogP contribution is 2.23. The number of rotatable bonds is 4. The monoisotopic (exact) mass is 297 g/mol. The summed E-state index contributed by atoms with van der Waals surface area (Å²) in [5.41, 5.74) is 1.68. The number of thioether (sulfide) groups is 1. The molecule has 0 unspecified atom stereocenters. The highest BCUT2D eigenvalue weighted by atomic mass is 35.5. The minimum Gasteiger partial charge on any atom is -0.370 e. The van der Waals surface area contributed by atoms with Crippen molar-refractivity contribution in [1.82, 2.24) is 19.7 Å². The van der Waals surface area contributed by atoms with Gasteiger partial charge in [0, 0.05) is 12.6 Å². The van der Waals surface area contributed by atoms with E-state index < -0.39 is 0 Å². The van der Waals surface area contributed by atoms with Gasteiger partial charge in [-0.25, -0.2) is 14.6 Å². The summed E-state index contributed by atoms with van der Waals surface area (Å²) in [7, 11) is 0. The van der Waals surface area contributed by atoms with E-state index in [4.69, 9.17) is 11.6 Å². The summed E-state index contributed by atoms with van der Waals surface area (Å²) in [6.07, 6.45) is 1.95. The first kappa shape index (κ1) is 14.1. The molecule has 2 heterocycles. The van der Waals surface area contributed by atoms with Gasteiger partial charge in [-0.2, -0.15) is 5.10 Å². The van der Waals surface area contributed by atoms with Crippen LogP contribution in [0.3, 0.4) is 0 Å². The molecule has 0 bridgehead atoms. The number of nitrogens with zero attached hydrogens (tertiary/aromatic N) is 4. The number of anilines is 1. The van der Waals surface area contributed by atoms with Gasteiger partial charge in [0.15, 0.2) is 11.0 Å². The van der Waals surface area contributed by atoms with Crippen LogP contribution in [0.5, 0.6) is 0 Å². The number of nitrogens with one attached hydrogen (secondary N) is 1. The van der Waals surface area contributed by atoms with Gasteiger partial charge in [0.05, 0.1) is 16.4 Å². The molecule has 19 heavy (non-hydrogen) atoms. The van der Waals surface area contributed by atoms with Gasteiger partial charge in [-0.05, 0) is 27.0 Å². The van der Waals surface area contributed by atoms with Crippen molar-refractivity contribution < 1.29 is 0 Å². The topological polar surface area (TPSA) is 55.6 Å². The van der Waals surface area contributed by atoms with Crippen molar-refractivity contribution >= 4 is 29.2 Å². The molecule has 0 aliphatic carbocycles. The Morgan fingerprint density at radius 3 is 2.63 bits per heavy atom. The Kier molecular flexibility index (Phi) is 4.31. The van der Waals surface area contributed by atoms with Crippen molar-refractivity contribution in [3.05, 3.63) is 22.5 Å². The summed E-state index contributed by atoms with van der Waals surface area (Å²) in [5.74, 6) is 1.52. The number of halogens is 1. The number of hydrogen-bond acceptors (Lipinski definition) is 5. The molecule has 0 aliphatic heterocycles. The predicted molar refractivity (Wildman–Crippen MR) is 79.6 cm³/mol. The molecule has 0 atom stereocenters. The van der Waals surface area contributed by atoms with Gasteiger partial charge in [0.1, 0.15) is 5.82 Å². The fourth-order valence-corrected chi connectivity index (χ4v) is 2.22. The van der Waals surface area contributed by atoms with E-state index in [1.807, 2.05) is 33.1 Å². The van der Waals surface area contributed by atoms with Crippen LogP contribution >= 0.6 is 23.4 Å². The van der Waals surface area contributed by atoms with E-state index in [0.29, 0.717) is 10.2 Å². The normalized spacial score (nSPS) is 10.8. The van der Waals surface area contributed by atoms with Gasteiger partial charge < -0.3 is 5.32 Å². The number of aromatic nitrogens is 4. The van der Waals surface area contributed by atoms with E-state index in [1.165, 1.54) is 11.8 Å². The highest BCUT2D eigenvalue weighted by Gasteiger charge is 2.13. The minimum atomic E-state index is 0.675. The fourth-order valence-electron chi connectivity index (χ4n) is 1.73. The van der Waals surface area contributed by atoms with Gasteiger partial charge in [-0.15, -0.1) is 0 Å². The standard InChI is InChI=1S/C12H16ClN5S/c1-5-14-9-6-10(16-12(15-9)19-4)18-8(3)11(13)7(2)17-18/h6H,5H2,1-4H3,(H,14,15,16). The first-order valence-electron chi connectivity index (χ1n) is 5.95. The average molecular weight is 298 g/mol. The van der Waals surface area contributed by atoms with Crippen molar-refractivity contribution in [3.63, 3.8) is 0 Å². The Labute approximate surface area is 121 Å². The van der Waals surface area contributed by atoms with E-state index in [-0.39, 0.29) is 0 Å². The van der Waals surface area contributed by atoms with Gasteiger partial charge in [0.25, 0.3) is 0 Å². The molecular formula is C12H16ClN5S. The molecule has 0 aliphatic rings. The zero-order valence-electron chi connectivity index (χ0n) is 11.4. The molecule has 0 spiro atoms. The van der Waals surface area contributed by atoms with Crippen LogP contribution in [-0.4, -0.2) is 32.5 Å². The van der Waals surface area contributed by atoms with Crippen molar-refractivity contribution in [2.75, 3.05) is 18.1 Å². The van der Waals surface area contributed by atoms with Crippen molar-refractivity contribution in [2.24, 2.45) is 0 Å². The zero-order valence-corrected chi connectivity index (χ0v) is 12.9. The Bertz CT molecular complexity index is 596. The lowest BCUT2D eigenvalue weighted by molar-refractivity contribution is 0.778. The van der Waals surface area contributed by atoms with Gasteiger partial charge in [-0.1, -0.05) is 23.4 Å². The lowest BCUT2D eigenvalue weighted by Crippen LogP contribution is -2.07. The molecule has 0 radical (unpaired) electrons. The molecule has 7 heteroatoms. The second-order valence-electron chi connectivity index (χ2n) is 4.03. The van der Waals surface area contributed by atoms with E-state index in [9.17, 15) is 0 Å². The summed E-state index contributed by atoms with van der Waals surface area (Å²) in [4.78, 5) is 8.87. The number of hydrogen-bond donors (Lipinski definition) is 1. The maximum Gasteiger partial charge on any atom is 0.191 e. The molecular weight excluding hydrogens is 282 g/mol. The van der Waals surface area contributed by atoms with E-state index in [2.05, 4.69) is 20.4 Å². The minimum absolute atomic E-state index is 0.675. The second kappa shape index (κ2) is 5.79. The van der Waals surface area contributed by atoms with Crippen LogP contribution in [0, 0.1) is 13.8 Å². The van der Waals surface area contributed by atoms with E-state index in [0.717, 1.165) is 29.6 Å². The lowest BCUT2D eigenvalue weighted by Gasteiger charge is -2.08. The van der Waals surface area contributed by atoms with Crippen LogP contribution in [-0.2, 0) is 0 Å². The van der Waals surface area contributed by atoms with E-state index >= 15 is 0 Å². The zero-order chi connectivity index (χ0) is 14.0. The maximum atomic E-state index is 6.18. The molecule has 102 valence electrons. The molecule has 0 amide bonds. The molecule has 2 rings (SSSR count). The van der Waals surface area contributed by atoms with Crippen molar-refractivity contribution in [1.29, 1.82) is 0 Å². The SMILES string of the molecule is CCNc1cc(-n2nc(C)c(Cl)c2C)nc(SC)n1. The molecule has 2 aromatic rings. The summed E-state index contributed by atoms with van der Waals surface area (Å²) in [6.45, 7) is 6.65. The van der Waals surface area contributed by atoms with Gasteiger partial charge in [-0.3, -0.25) is 0 Å². The summed E-state index contributed by atoms with van der Waals surface area (Å²) >= 11 is 7.67. The van der Waals surface area contributed by atoms with Crippen LogP contribution in [0.2, 0.25) is 5.02 Å². The van der Waals surface area contributed by atoms with Crippen LogP contribution in [0.25, 0.3) is 5.82 Å². The highest BCUT2D eigenvalue weighted by molar-refractivity contribution is 7.98. The Morgan fingerprint density at radius 2 is 2.11 bits per heavy atom. The third kappa shape index (κ3) is 2.84. The van der Waals surface area contributed by atoms with Gasteiger partial charge in [0.2, 0.25) is 0 Å².